The van der Waals surface area contributed by atoms with Gasteiger partial charge in [0.2, 0.25) is 0 Å². The van der Waals surface area contributed by atoms with Crippen LogP contribution in [0.3, 0.4) is 0 Å². The molecule has 0 radical (unpaired) electrons. The molecule has 3 heteroatoms. The highest BCUT2D eigenvalue weighted by Crippen LogP contribution is 2.24. The van der Waals surface area contributed by atoms with Gasteiger partial charge >= 0.3 is 0 Å². The van der Waals surface area contributed by atoms with Crippen LogP contribution in [0.15, 0.2) is 0 Å². The second kappa shape index (κ2) is 5.99. The highest BCUT2D eigenvalue weighted by atomic mass is 16.5. The number of ether oxygens (including phenoxy) is 1. The minimum atomic E-state index is 0.256. The lowest BCUT2D eigenvalue weighted by atomic mass is 10.0. The summed E-state index contributed by atoms with van der Waals surface area (Å²) in [5, 5.41) is 0. The van der Waals surface area contributed by atoms with E-state index in [0.717, 1.165) is 19.1 Å². The molecule has 2 aliphatic rings. The molecule has 0 aromatic heterocycles. The van der Waals surface area contributed by atoms with Gasteiger partial charge in [0.1, 0.15) is 0 Å². The van der Waals surface area contributed by atoms with Crippen LogP contribution in [-0.4, -0.2) is 42.8 Å². The molecule has 2 atom stereocenters. The Bertz CT molecular complexity index is 202. The van der Waals surface area contributed by atoms with E-state index < -0.39 is 0 Å². The van der Waals surface area contributed by atoms with Gasteiger partial charge in [-0.15, -0.1) is 0 Å². The van der Waals surface area contributed by atoms with Crippen molar-refractivity contribution in [1.82, 2.24) is 4.90 Å². The summed E-state index contributed by atoms with van der Waals surface area (Å²) in [6.07, 6.45) is 9.03. The third kappa shape index (κ3) is 3.19. The Labute approximate surface area is 99.3 Å². The van der Waals surface area contributed by atoms with Crippen LogP contribution in [0, 0.1) is 0 Å². The first-order valence-electron chi connectivity index (χ1n) is 6.89. The van der Waals surface area contributed by atoms with E-state index in [-0.39, 0.29) is 6.10 Å². The Kier molecular flexibility index (Phi) is 4.62. The van der Waals surface area contributed by atoms with Crippen LogP contribution in [0.1, 0.15) is 45.4 Å². The van der Waals surface area contributed by atoms with E-state index in [0.29, 0.717) is 12.6 Å². The molecule has 0 spiro atoms. The Balaban J connectivity index is 1.90. The van der Waals surface area contributed by atoms with Gasteiger partial charge in [0.05, 0.1) is 12.2 Å². The number of nitrogens with two attached hydrogens (primary N) is 1. The molecule has 1 saturated heterocycles. The van der Waals surface area contributed by atoms with Gasteiger partial charge in [-0.3, -0.25) is 4.90 Å². The first kappa shape index (κ1) is 12.3. The minimum absolute atomic E-state index is 0.256. The van der Waals surface area contributed by atoms with Crippen LogP contribution in [0.2, 0.25) is 0 Å². The van der Waals surface area contributed by atoms with Crippen LogP contribution in [0.4, 0.5) is 0 Å². The molecule has 2 N–H and O–H groups in total. The maximum absolute atomic E-state index is 5.82. The van der Waals surface area contributed by atoms with Crippen molar-refractivity contribution in [2.75, 3.05) is 19.6 Å². The molecular weight excluding hydrogens is 200 g/mol. The molecule has 0 bridgehead atoms. The summed E-state index contributed by atoms with van der Waals surface area (Å²) in [4.78, 5) is 2.64. The van der Waals surface area contributed by atoms with E-state index in [9.17, 15) is 0 Å². The predicted octanol–water partition coefficient (Wildman–Crippen LogP) is 1.76. The van der Waals surface area contributed by atoms with E-state index in [1.165, 1.54) is 38.5 Å². The molecule has 0 aromatic carbocycles. The zero-order valence-electron chi connectivity index (χ0n) is 10.5. The topological polar surface area (TPSA) is 38.5 Å². The largest absolute Gasteiger partial charge is 0.371 e. The number of hydrogen-bond donors (Lipinski definition) is 1. The number of nitrogens with zero attached hydrogens (tertiary/aromatic N) is 1. The van der Waals surface area contributed by atoms with Crippen LogP contribution in [-0.2, 0) is 4.74 Å². The maximum atomic E-state index is 5.82. The summed E-state index contributed by atoms with van der Waals surface area (Å²) in [6, 6.07) is 0.794. The molecule has 2 fully saturated rings. The Morgan fingerprint density at radius 2 is 1.81 bits per heavy atom. The third-order valence-electron chi connectivity index (χ3n) is 3.96. The number of morpholine rings is 1. The third-order valence-corrected chi connectivity index (χ3v) is 3.96. The van der Waals surface area contributed by atoms with Crippen molar-refractivity contribution in [3.8, 4) is 0 Å². The highest BCUT2D eigenvalue weighted by molar-refractivity contribution is 4.82. The second-order valence-corrected chi connectivity index (χ2v) is 5.40. The van der Waals surface area contributed by atoms with Gasteiger partial charge in [-0.05, 0) is 19.8 Å². The van der Waals surface area contributed by atoms with Crippen molar-refractivity contribution in [3.63, 3.8) is 0 Å². The minimum Gasteiger partial charge on any atom is -0.371 e. The standard InChI is InChI=1S/C13H26N2O/c1-11-9-15(10-13(8-14)16-11)12-6-4-2-3-5-7-12/h11-13H,2-10,14H2,1H3. The summed E-state index contributed by atoms with van der Waals surface area (Å²) >= 11 is 0. The van der Waals surface area contributed by atoms with Gasteiger partial charge in [-0.2, -0.15) is 0 Å². The second-order valence-electron chi connectivity index (χ2n) is 5.40. The average molecular weight is 226 g/mol. The van der Waals surface area contributed by atoms with Crippen molar-refractivity contribution in [2.24, 2.45) is 5.73 Å². The summed E-state index contributed by atoms with van der Waals surface area (Å²) in [6.45, 7) is 4.98. The first-order chi connectivity index (χ1) is 7.79. The highest BCUT2D eigenvalue weighted by Gasteiger charge is 2.29. The molecule has 2 unspecified atom stereocenters. The summed E-state index contributed by atoms with van der Waals surface area (Å²) in [5.41, 5.74) is 5.74. The van der Waals surface area contributed by atoms with Gasteiger partial charge in [0.15, 0.2) is 0 Å². The molecular formula is C13H26N2O. The Hall–Kier alpha value is -0.120. The predicted molar refractivity (Wildman–Crippen MR) is 66.5 cm³/mol. The van der Waals surface area contributed by atoms with Crippen molar-refractivity contribution < 1.29 is 4.74 Å². The van der Waals surface area contributed by atoms with Gasteiger partial charge in [0.25, 0.3) is 0 Å². The summed E-state index contributed by atoms with van der Waals surface area (Å²) in [5.74, 6) is 0. The lowest BCUT2D eigenvalue weighted by molar-refractivity contribution is -0.0855. The van der Waals surface area contributed by atoms with E-state index in [1.807, 2.05) is 0 Å². The van der Waals surface area contributed by atoms with Crippen LogP contribution >= 0.6 is 0 Å². The van der Waals surface area contributed by atoms with E-state index in [4.69, 9.17) is 10.5 Å². The molecule has 2 rings (SSSR count). The molecule has 0 amide bonds. The monoisotopic (exact) mass is 226 g/mol. The van der Waals surface area contributed by atoms with Gasteiger partial charge in [-0.1, -0.05) is 25.7 Å². The molecule has 1 heterocycles. The fourth-order valence-corrected chi connectivity index (χ4v) is 3.13. The summed E-state index contributed by atoms with van der Waals surface area (Å²) in [7, 11) is 0. The summed E-state index contributed by atoms with van der Waals surface area (Å²) < 4.78 is 5.82. The average Bonchev–Trinajstić information content (AvgIpc) is 2.56. The van der Waals surface area contributed by atoms with Gasteiger partial charge in [-0.25, -0.2) is 0 Å². The molecule has 94 valence electrons. The van der Waals surface area contributed by atoms with Crippen molar-refractivity contribution >= 4 is 0 Å². The van der Waals surface area contributed by atoms with Crippen LogP contribution in [0.25, 0.3) is 0 Å². The quantitative estimate of drug-likeness (QED) is 0.729. The molecule has 3 nitrogen and oxygen atoms in total. The molecule has 0 aromatic rings. The van der Waals surface area contributed by atoms with E-state index in [1.54, 1.807) is 0 Å². The van der Waals surface area contributed by atoms with Crippen molar-refractivity contribution in [3.05, 3.63) is 0 Å². The van der Waals surface area contributed by atoms with Crippen molar-refractivity contribution in [1.29, 1.82) is 0 Å². The fraction of sp³-hybridized carbons (Fsp3) is 1.00. The lowest BCUT2D eigenvalue weighted by Gasteiger charge is -2.40. The number of hydrogen-bond acceptors (Lipinski definition) is 3. The molecule has 1 aliphatic heterocycles. The molecule has 16 heavy (non-hydrogen) atoms. The zero-order chi connectivity index (χ0) is 11.4. The number of rotatable bonds is 2. The Morgan fingerprint density at radius 3 is 2.44 bits per heavy atom. The zero-order valence-corrected chi connectivity index (χ0v) is 10.5. The van der Waals surface area contributed by atoms with Gasteiger partial charge < -0.3 is 10.5 Å². The maximum Gasteiger partial charge on any atom is 0.0828 e. The smallest absolute Gasteiger partial charge is 0.0828 e. The van der Waals surface area contributed by atoms with E-state index >= 15 is 0 Å². The molecule has 1 saturated carbocycles. The van der Waals surface area contributed by atoms with Gasteiger partial charge in [0, 0.05) is 25.7 Å². The van der Waals surface area contributed by atoms with Crippen molar-refractivity contribution in [2.45, 2.75) is 63.7 Å². The van der Waals surface area contributed by atoms with E-state index in [2.05, 4.69) is 11.8 Å². The normalized spacial score (nSPS) is 34.9. The van der Waals surface area contributed by atoms with Crippen LogP contribution < -0.4 is 5.73 Å². The fourth-order valence-electron chi connectivity index (χ4n) is 3.13. The van der Waals surface area contributed by atoms with Crippen LogP contribution in [0.5, 0.6) is 0 Å². The first-order valence-corrected chi connectivity index (χ1v) is 6.89. The lowest BCUT2D eigenvalue weighted by Crippen LogP contribution is -2.52. The SMILES string of the molecule is CC1CN(C2CCCCCC2)CC(CN)O1. The molecule has 1 aliphatic carbocycles. The Morgan fingerprint density at radius 1 is 1.12 bits per heavy atom.